The molecule has 1 heterocycles. The van der Waals surface area contributed by atoms with Crippen LogP contribution in [-0.2, 0) is 6.54 Å². The van der Waals surface area contributed by atoms with Gasteiger partial charge in [0.25, 0.3) is 0 Å². The van der Waals surface area contributed by atoms with Gasteiger partial charge in [0.05, 0.1) is 0 Å². The van der Waals surface area contributed by atoms with Crippen molar-refractivity contribution in [1.82, 2.24) is 10.3 Å². The van der Waals surface area contributed by atoms with Crippen molar-refractivity contribution < 1.29 is 8.78 Å². The zero-order chi connectivity index (χ0) is 14.8. The number of hydrogen-bond donors (Lipinski definition) is 1. The predicted octanol–water partition coefficient (Wildman–Crippen LogP) is 3.38. The van der Waals surface area contributed by atoms with Crippen molar-refractivity contribution in [2.45, 2.75) is 25.4 Å². The smallest absolute Gasteiger partial charge is 0.170 e. The van der Waals surface area contributed by atoms with E-state index in [-0.39, 0.29) is 17.5 Å². The van der Waals surface area contributed by atoms with Crippen molar-refractivity contribution in [2.24, 2.45) is 0 Å². The first-order valence-corrected chi connectivity index (χ1v) is 7.01. The van der Waals surface area contributed by atoms with E-state index in [1.807, 2.05) is 0 Å². The van der Waals surface area contributed by atoms with Gasteiger partial charge in [-0.25, -0.2) is 13.8 Å². The third-order valence-electron chi connectivity index (χ3n) is 3.62. The highest BCUT2D eigenvalue weighted by atomic mass is 19.1. The molecule has 1 aromatic heterocycles. The molecule has 0 aliphatic heterocycles. The van der Waals surface area contributed by atoms with Gasteiger partial charge >= 0.3 is 0 Å². The fourth-order valence-electron chi connectivity index (χ4n) is 2.19. The summed E-state index contributed by atoms with van der Waals surface area (Å²) in [5.41, 5.74) is 1.14. The summed E-state index contributed by atoms with van der Waals surface area (Å²) in [7, 11) is 1.68. The lowest BCUT2D eigenvalue weighted by Gasteiger charge is -2.20. The Morgan fingerprint density at radius 1 is 1.29 bits per heavy atom. The van der Waals surface area contributed by atoms with Crippen molar-refractivity contribution in [1.29, 1.82) is 0 Å². The second-order valence-corrected chi connectivity index (χ2v) is 5.30. The normalized spacial score (nSPS) is 14.2. The van der Waals surface area contributed by atoms with Gasteiger partial charge < -0.3 is 10.2 Å². The van der Waals surface area contributed by atoms with Crippen molar-refractivity contribution in [3.05, 3.63) is 53.7 Å². The Hall–Kier alpha value is -2.01. The van der Waals surface area contributed by atoms with Crippen LogP contribution in [0.2, 0.25) is 0 Å². The SMILES string of the molecule is CN(c1cccc(F)c1)c1nccc(CNC2CC2)c1F. The van der Waals surface area contributed by atoms with Crippen LogP contribution in [0.1, 0.15) is 18.4 Å². The zero-order valence-corrected chi connectivity index (χ0v) is 11.8. The first-order chi connectivity index (χ1) is 10.1. The van der Waals surface area contributed by atoms with Gasteiger partial charge in [0.2, 0.25) is 0 Å². The number of halogens is 2. The number of nitrogens with one attached hydrogen (secondary N) is 1. The molecule has 1 aliphatic carbocycles. The molecule has 0 radical (unpaired) electrons. The number of nitrogens with zero attached hydrogens (tertiary/aromatic N) is 2. The molecule has 0 bridgehead atoms. The van der Waals surface area contributed by atoms with Gasteiger partial charge in [0, 0.05) is 37.1 Å². The second kappa shape index (κ2) is 5.77. The first-order valence-electron chi connectivity index (χ1n) is 7.01. The quantitative estimate of drug-likeness (QED) is 0.914. The van der Waals surface area contributed by atoms with Gasteiger partial charge in [-0.2, -0.15) is 0 Å². The van der Waals surface area contributed by atoms with Crippen molar-refractivity contribution in [3.63, 3.8) is 0 Å². The number of anilines is 2. The molecule has 0 saturated heterocycles. The summed E-state index contributed by atoms with van der Waals surface area (Å²) in [4.78, 5) is 5.64. The monoisotopic (exact) mass is 289 g/mol. The van der Waals surface area contributed by atoms with Crippen LogP contribution in [0.4, 0.5) is 20.3 Å². The Morgan fingerprint density at radius 3 is 2.81 bits per heavy atom. The third-order valence-corrected chi connectivity index (χ3v) is 3.62. The third kappa shape index (κ3) is 3.19. The maximum absolute atomic E-state index is 14.5. The van der Waals surface area contributed by atoms with Crippen molar-refractivity contribution in [3.8, 4) is 0 Å². The molecule has 3 rings (SSSR count). The molecule has 0 unspecified atom stereocenters. The van der Waals surface area contributed by atoms with Gasteiger partial charge in [-0.15, -0.1) is 0 Å². The van der Waals surface area contributed by atoms with E-state index in [0.717, 1.165) is 12.8 Å². The van der Waals surface area contributed by atoms with E-state index in [0.29, 0.717) is 23.8 Å². The van der Waals surface area contributed by atoms with Crippen LogP contribution in [-0.4, -0.2) is 18.1 Å². The number of pyridine rings is 1. The Labute approximate surface area is 122 Å². The minimum absolute atomic E-state index is 0.204. The predicted molar refractivity (Wildman–Crippen MR) is 78.5 cm³/mol. The maximum Gasteiger partial charge on any atom is 0.170 e. The number of benzene rings is 1. The molecule has 2 aromatic rings. The lowest BCUT2D eigenvalue weighted by atomic mass is 10.2. The molecule has 0 amide bonds. The van der Waals surface area contributed by atoms with Crippen LogP contribution in [0.3, 0.4) is 0 Å². The fourth-order valence-corrected chi connectivity index (χ4v) is 2.19. The van der Waals surface area contributed by atoms with Gasteiger partial charge in [0.1, 0.15) is 5.82 Å². The topological polar surface area (TPSA) is 28.2 Å². The molecule has 1 fully saturated rings. The minimum Gasteiger partial charge on any atom is -0.327 e. The van der Waals surface area contributed by atoms with E-state index in [4.69, 9.17) is 0 Å². The molecule has 1 saturated carbocycles. The Balaban J connectivity index is 1.84. The zero-order valence-electron chi connectivity index (χ0n) is 11.8. The highest BCUT2D eigenvalue weighted by molar-refractivity contribution is 5.60. The van der Waals surface area contributed by atoms with Gasteiger partial charge in [-0.05, 0) is 37.1 Å². The van der Waals surface area contributed by atoms with E-state index in [1.165, 1.54) is 12.1 Å². The highest BCUT2D eigenvalue weighted by Gasteiger charge is 2.21. The molecule has 1 N–H and O–H groups in total. The van der Waals surface area contributed by atoms with Crippen LogP contribution in [0.25, 0.3) is 0 Å². The van der Waals surface area contributed by atoms with E-state index in [1.54, 1.807) is 36.3 Å². The summed E-state index contributed by atoms with van der Waals surface area (Å²) >= 11 is 0. The fraction of sp³-hybridized carbons (Fsp3) is 0.312. The molecule has 0 spiro atoms. The summed E-state index contributed by atoms with van der Waals surface area (Å²) < 4.78 is 27.8. The Bertz CT molecular complexity index is 641. The minimum atomic E-state index is -0.364. The number of aromatic nitrogens is 1. The van der Waals surface area contributed by atoms with E-state index >= 15 is 0 Å². The first kappa shape index (κ1) is 13.9. The van der Waals surface area contributed by atoms with E-state index < -0.39 is 0 Å². The molecule has 3 nitrogen and oxygen atoms in total. The molecule has 0 atom stereocenters. The summed E-state index contributed by atoms with van der Waals surface area (Å²) in [5.74, 6) is -0.514. The number of rotatable bonds is 5. The highest BCUT2D eigenvalue weighted by Crippen LogP contribution is 2.27. The lowest BCUT2D eigenvalue weighted by Crippen LogP contribution is -2.19. The van der Waals surface area contributed by atoms with Gasteiger partial charge in [-0.1, -0.05) is 6.07 Å². The summed E-state index contributed by atoms with van der Waals surface area (Å²) in [6, 6.07) is 8.22. The molecular weight excluding hydrogens is 272 g/mol. The van der Waals surface area contributed by atoms with Crippen molar-refractivity contribution in [2.75, 3.05) is 11.9 Å². The Kier molecular flexibility index (Phi) is 3.84. The largest absolute Gasteiger partial charge is 0.327 e. The summed E-state index contributed by atoms with van der Waals surface area (Å²) in [6.07, 6.45) is 3.89. The van der Waals surface area contributed by atoms with E-state index in [9.17, 15) is 8.78 Å². The molecule has 1 aliphatic rings. The van der Waals surface area contributed by atoms with Gasteiger partial charge in [0.15, 0.2) is 11.6 Å². The number of hydrogen-bond acceptors (Lipinski definition) is 3. The molecule has 110 valence electrons. The molecule has 5 heteroatoms. The second-order valence-electron chi connectivity index (χ2n) is 5.30. The van der Waals surface area contributed by atoms with Crippen LogP contribution in [0, 0.1) is 11.6 Å². The van der Waals surface area contributed by atoms with Crippen LogP contribution in [0.15, 0.2) is 36.5 Å². The average molecular weight is 289 g/mol. The average Bonchev–Trinajstić information content (AvgIpc) is 3.30. The van der Waals surface area contributed by atoms with Crippen LogP contribution >= 0.6 is 0 Å². The standard InChI is InChI=1S/C16H17F2N3/c1-21(14-4-2-3-12(17)9-14)16-15(18)11(7-8-19-16)10-20-13-5-6-13/h2-4,7-9,13,20H,5-6,10H2,1H3. The lowest BCUT2D eigenvalue weighted by molar-refractivity contribution is 0.581. The summed E-state index contributed by atoms with van der Waals surface area (Å²) in [5, 5.41) is 3.28. The molecule has 21 heavy (non-hydrogen) atoms. The molecule has 1 aromatic carbocycles. The van der Waals surface area contributed by atoms with E-state index in [2.05, 4.69) is 10.3 Å². The maximum atomic E-state index is 14.5. The van der Waals surface area contributed by atoms with Gasteiger partial charge in [-0.3, -0.25) is 0 Å². The van der Waals surface area contributed by atoms with Crippen molar-refractivity contribution >= 4 is 11.5 Å². The van der Waals surface area contributed by atoms with Crippen LogP contribution in [0.5, 0.6) is 0 Å². The summed E-state index contributed by atoms with van der Waals surface area (Å²) in [6.45, 7) is 0.489. The van der Waals surface area contributed by atoms with Crippen LogP contribution < -0.4 is 10.2 Å². The Morgan fingerprint density at radius 2 is 2.10 bits per heavy atom. The molecular formula is C16H17F2N3.